The molecule has 0 spiro atoms. The molecule has 5 nitrogen and oxygen atoms in total. The zero-order chi connectivity index (χ0) is 13.1. The summed E-state index contributed by atoms with van der Waals surface area (Å²) in [5, 5.41) is 14.0. The Labute approximate surface area is 109 Å². The number of rotatable bonds is 5. The number of carboxylic acid groups (broad SMARTS) is 1. The van der Waals surface area contributed by atoms with Gasteiger partial charge in [0.15, 0.2) is 5.65 Å². The fraction of sp³-hybridized carbons (Fsp3) is 0.417. The second-order valence-corrected chi connectivity index (χ2v) is 4.48. The molecule has 2 aromatic heterocycles. The fourth-order valence-corrected chi connectivity index (χ4v) is 2.08. The topological polar surface area (TPSA) is 68.0 Å². The lowest BCUT2D eigenvalue weighted by Gasteiger charge is -2.03. The van der Waals surface area contributed by atoms with Crippen molar-refractivity contribution in [2.24, 2.45) is 0 Å². The fourth-order valence-electron chi connectivity index (χ4n) is 1.82. The number of aromatic carboxylic acids is 1. The first-order chi connectivity index (χ1) is 8.65. The monoisotopic (exact) mass is 267 g/mol. The lowest BCUT2D eigenvalue weighted by atomic mass is 10.2. The molecule has 18 heavy (non-hydrogen) atoms. The second kappa shape index (κ2) is 5.35. The first-order valence-corrected chi connectivity index (χ1v) is 6.26. The van der Waals surface area contributed by atoms with E-state index >= 15 is 0 Å². The van der Waals surface area contributed by atoms with Gasteiger partial charge in [0.05, 0.1) is 22.2 Å². The zero-order valence-corrected chi connectivity index (χ0v) is 10.8. The molecule has 0 saturated carbocycles. The van der Waals surface area contributed by atoms with Crippen molar-refractivity contribution in [2.75, 3.05) is 0 Å². The van der Waals surface area contributed by atoms with Gasteiger partial charge in [-0.2, -0.15) is 5.10 Å². The van der Waals surface area contributed by atoms with Gasteiger partial charge in [0, 0.05) is 12.7 Å². The van der Waals surface area contributed by atoms with Crippen LogP contribution in [0.4, 0.5) is 0 Å². The highest BCUT2D eigenvalue weighted by Crippen LogP contribution is 2.25. The summed E-state index contributed by atoms with van der Waals surface area (Å²) in [6.07, 6.45) is 6.14. The van der Waals surface area contributed by atoms with Crippen LogP contribution in [0.25, 0.3) is 11.0 Å². The Morgan fingerprint density at radius 1 is 1.44 bits per heavy atom. The van der Waals surface area contributed by atoms with E-state index in [0.29, 0.717) is 11.0 Å². The van der Waals surface area contributed by atoms with Gasteiger partial charge in [-0.15, -0.1) is 0 Å². The van der Waals surface area contributed by atoms with Gasteiger partial charge >= 0.3 is 5.97 Å². The van der Waals surface area contributed by atoms with Crippen LogP contribution < -0.4 is 0 Å². The summed E-state index contributed by atoms with van der Waals surface area (Å²) in [6, 6.07) is 0. The summed E-state index contributed by atoms with van der Waals surface area (Å²) in [5.74, 6) is -1.08. The highest BCUT2D eigenvalue weighted by molar-refractivity contribution is 6.37. The van der Waals surface area contributed by atoms with Crippen LogP contribution in [0.3, 0.4) is 0 Å². The SMILES string of the molecule is CCCCCn1ncc2c(Cl)c(C(=O)O)cnc21. The van der Waals surface area contributed by atoms with E-state index in [2.05, 4.69) is 17.0 Å². The van der Waals surface area contributed by atoms with Gasteiger partial charge in [-0.25, -0.2) is 14.5 Å². The maximum Gasteiger partial charge on any atom is 0.338 e. The normalized spacial score (nSPS) is 11.0. The number of aromatic nitrogens is 3. The van der Waals surface area contributed by atoms with Crippen LogP contribution in [0.1, 0.15) is 36.5 Å². The second-order valence-electron chi connectivity index (χ2n) is 4.10. The number of nitrogens with zero attached hydrogens (tertiary/aromatic N) is 3. The molecule has 1 N–H and O–H groups in total. The third-order valence-electron chi connectivity index (χ3n) is 2.80. The molecule has 0 bridgehead atoms. The Kier molecular flexibility index (Phi) is 3.81. The molecule has 2 heterocycles. The van der Waals surface area contributed by atoms with Crippen molar-refractivity contribution in [1.82, 2.24) is 14.8 Å². The summed E-state index contributed by atoms with van der Waals surface area (Å²) >= 11 is 6.04. The van der Waals surface area contributed by atoms with E-state index in [9.17, 15) is 4.79 Å². The molecule has 2 rings (SSSR count). The van der Waals surface area contributed by atoms with Crippen LogP contribution in [0.5, 0.6) is 0 Å². The van der Waals surface area contributed by atoms with E-state index < -0.39 is 5.97 Å². The number of fused-ring (bicyclic) bond motifs is 1. The predicted octanol–water partition coefficient (Wildman–Crippen LogP) is 2.97. The maximum absolute atomic E-state index is 10.9. The molecule has 0 atom stereocenters. The first-order valence-electron chi connectivity index (χ1n) is 5.88. The Bertz CT molecular complexity index is 580. The average molecular weight is 268 g/mol. The molecule has 2 aromatic rings. The van der Waals surface area contributed by atoms with E-state index in [1.807, 2.05) is 0 Å². The number of halogens is 1. The molecule has 0 unspecified atom stereocenters. The van der Waals surface area contributed by atoms with Crippen molar-refractivity contribution in [1.29, 1.82) is 0 Å². The molecule has 0 fully saturated rings. The van der Waals surface area contributed by atoms with Crippen LogP contribution >= 0.6 is 11.6 Å². The summed E-state index contributed by atoms with van der Waals surface area (Å²) in [4.78, 5) is 15.1. The summed E-state index contributed by atoms with van der Waals surface area (Å²) in [7, 11) is 0. The third kappa shape index (κ3) is 2.31. The lowest BCUT2D eigenvalue weighted by molar-refractivity contribution is 0.0697. The minimum absolute atomic E-state index is 0.0114. The van der Waals surface area contributed by atoms with Crippen LogP contribution in [0.15, 0.2) is 12.4 Å². The van der Waals surface area contributed by atoms with Crippen LogP contribution in [-0.4, -0.2) is 25.8 Å². The van der Waals surface area contributed by atoms with E-state index in [4.69, 9.17) is 16.7 Å². The molecular formula is C12H14ClN3O2. The number of carbonyl (C=O) groups is 1. The smallest absolute Gasteiger partial charge is 0.338 e. The Balaban J connectivity index is 2.37. The van der Waals surface area contributed by atoms with Gasteiger partial charge in [-0.1, -0.05) is 31.4 Å². The van der Waals surface area contributed by atoms with E-state index in [0.717, 1.165) is 25.8 Å². The molecule has 0 saturated heterocycles. The first kappa shape index (κ1) is 12.8. The van der Waals surface area contributed by atoms with E-state index in [1.165, 1.54) is 6.20 Å². The van der Waals surface area contributed by atoms with E-state index in [1.54, 1.807) is 10.9 Å². The van der Waals surface area contributed by atoms with Crippen LogP contribution in [-0.2, 0) is 6.54 Å². The number of aryl methyl sites for hydroxylation is 1. The van der Waals surface area contributed by atoms with Crippen molar-refractivity contribution in [2.45, 2.75) is 32.7 Å². The summed E-state index contributed by atoms with van der Waals surface area (Å²) in [6.45, 7) is 2.91. The predicted molar refractivity (Wildman–Crippen MR) is 69.0 cm³/mol. The third-order valence-corrected chi connectivity index (χ3v) is 3.21. The van der Waals surface area contributed by atoms with E-state index in [-0.39, 0.29) is 10.6 Å². The van der Waals surface area contributed by atoms with Crippen LogP contribution in [0.2, 0.25) is 5.02 Å². The number of hydrogen-bond donors (Lipinski definition) is 1. The van der Waals surface area contributed by atoms with Crippen LogP contribution in [0, 0.1) is 0 Å². The van der Waals surface area contributed by atoms with Crippen molar-refractivity contribution < 1.29 is 9.90 Å². The quantitative estimate of drug-likeness (QED) is 0.846. The standard InChI is InChI=1S/C12H14ClN3O2/c1-2-3-4-5-16-11-8(7-15-16)10(13)9(6-14-11)12(17)18/h6-7H,2-5H2,1H3,(H,17,18). The van der Waals surface area contributed by atoms with Gasteiger partial charge in [0.2, 0.25) is 0 Å². The van der Waals surface area contributed by atoms with Crippen molar-refractivity contribution in [3.05, 3.63) is 23.0 Å². The summed E-state index contributed by atoms with van der Waals surface area (Å²) in [5.41, 5.74) is 0.651. The van der Waals surface area contributed by atoms with Gasteiger partial charge in [0.1, 0.15) is 0 Å². The average Bonchev–Trinajstić information content (AvgIpc) is 2.74. The van der Waals surface area contributed by atoms with Gasteiger partial charge in [0.25, 0.3) is 0 Å². The number of hydrogen-bond acceptors (Lipinski definition) is 3. The molecule has 0 aliphatic rings. The molecule has 0 amide bonds. The minimum Gasteiger partial charge on any atom is -0.478 e. The van der Waals surface area contributed by atoms with Gasteiger partial charge < -0.3 is 5.11 Å². The molecule has 6 heteroatoms. The lowest BCUT2D eigenvalue weighted by Crippen LogP contribution is -2.03. The molecule has 0 aliphatic heterocycles. The number of unbranched alkanes of at least 4 members (excludes halogenated alkanes) is 2. The Hall–Kier alpha value is -1.62. The highest BCUT2D eigenvalue weighted by atomic mass is 35.5. The van der Waals surface area contributed by atoms with Gasteiger partial charge in [-0.05, 0) is 6.42 Å². The molecule has 0 aromatic carbocycles. The number of carboxylic acids is 1. The van der Waals surface area contributed by atoms with Crippen molar-refractivity contribution in [3.63, 3.8) is 0 Å². The number of pyridine rings is 1. The zero-order valence-electron chi connectivity index (χ0n) is 10.1. The van der Waals surface area contributed by atoms with Crippen molar-refractivity contribution in [3.8, 4) is 0 Å². The summed E-state index contributed by atoms with van der Waals surface area (Å²) < 4.78 is 1.77. The maximum atomic E-state index is 10.9. The van der Waals surface area contributed by atoms with Crippen molar-refractivity contribution >= 4 is 28.6 Å². The molecule has 0 radical (unpaired) electrons. The molecular weight excluding hydrogens is 254 g/mol. The Morgan fingerprint density at radius 2 is 2.22 bits per heavy atom. The Morgan fingerprint density at radius 3 is 2.89 bits per heavy atom. The largest absolute Gasteiger partial charge is 0.478 e. The molecule has 96 valence electrons. The van der Waals surface area contributed by atoms with Gasteiger partial charge in [-0.3, -0.25) is 0 Å². The molecule has 0 aliphatic carbocycles. The minimum atomic E-state index is -1.08. The highest BCUT2D eigenvalue weighted by Gasteiger charge is 2.15.